The van der Waals surface area contributed by atoms with Gasteiger partial charge in [0.05, 0.1) is 18.3 Å². The number of benzene rings is 1. The van der Waals surface area contributed by atoms with Crippen LogP contribution in [0.25, 0.3) is 0 Å². The first-order chi connectivity index (χ1) is 10.7. The van der Waals surface area contributed by atoms with Gasteiger partial charge in [0, 0.05) is 16.2 Å². The van der Waals surface area contributed by atoms with Crippen molar-refractivity contribution in [2.75, 3.05) is 5.32 Å². The highest BCUT2D eigenvalue weighted by atomic mass is 35.5. The van der Waals surface area contributed by atoms with Crippen molar-refractivity contribution in [1.29, 1.82) is 0 Å². The van der Waals surface area contributed by atoms with E-state index in [1.807, 2.05) is 0 Å². The Kier molecular flexibility index (Phi) is 4.97. The van der Waals surface area contributed by atoms with Crippen LogP contribution in [-0.2, 0) is 21.5 Å². The van der Waals surface area contributed by atoms with Crippen molar-refractivity contribution >= 4 is 40.8 Å². The van der Waals surface area contributed by atoms with E-state index in [2.05, 4.69) is 10.4 Å². The Labute approximate surface area is 143 Å². The zero-order valence-electron chi connectivity index (χ0n) is 12.5. The van der Waals surface area contributed by atoms with Crippen LogP contribution in [-0.4, -0.2) is 26.8 Å². The van der Waals surface area contributed by atoms with E-state index in [0.29, 0.717) is 21.3 Å². The van der Waals surface area contributed by atoms with Crippen molar-refractivity contribution in [3.63, 3.8) is 0 Å². The number of nitrogens with one attached hydrogen (secondary N) is 1. The highest BCUT2D eigenvalue weighted by Gasteiger charge is 2.30. The molecule has 0 bridgehead atoms. The van der Waals surface area contributed by atoms with Crippen molar-refractivity contribution in [2.45, 2.75) is 25.8 Å². The van der Waals surface area contributed by atoms with Gasteiger partial charge in [-0.25, -0.2) is 4.79 Å². The maximum atomic E-state index is 12.1. The topological polar surface area (TPSA) is 84.2 Å². The molecule has 122 valence electrons. The van der Waals surface area contributed by atoms with Crippen LogP contribution in [0.3, 0.4) is 0 Å². The van der Waals surface area contributed by atoms with Crippen molar-refractivity contribution in [3.8, 4) is 0 Å². The molecule has 1 amide bonds. The number of aromatic nitrogens is 2. The van der Waals surface area contributed by atoms with Gasteiger partial charge < -0.3 is 10.4 Å². The lowest BCUT2D eigenvalue weighted by Gasteiger charge is -2.19. The fraction of sp³-hybridized carbons (Fsp3) is 0.267. The molecule has 0 atom stereocenters. The zero-order chi connectivity index (χ0) is 17.2. The lowest BCUT2D eigenvalue weighted by molar-refractivity contribution is -0.146. The van der Waals surface area contributed by atoms with E-state index in [0.717, 1.165) is 0 Å². The Bertz CT molecular complexity index is 756. The predicted molar refractivity (Wildman–Crippen MR) is 88.0 cm³/mol. The Hall–Kier alpha value is -2.05. The van der Waals surface area contributed by atoms with Gasteiger partial charge in [-0.3, -0.25) is 9.48 Å². The largest absolute Gasteiger partial charge is 0.479 e. The number of anilines is 1. The van der Waals surface area contributed by atoms with Crippen LogP contribution in [0.1, 0.15) is 19.4 Å². The molecule has 1 aromatic carbocycles. The Morgan fingerprint density at radius 2 is 2.04 bits per heavy atom. The summed E-state index contributed by atoms with van der Waals surface area (Å²) in [6.45, 7) is 3.03. The summed E-state index contributed by atoms with van der Waals surface area (Å²) in [5, 5.41) is 16.7. The Morgan fingerprint density at radius 1 is 1.35 bits per heavy atom. The number of rotatable bonds is 5. The fourth-order valence-electron chi connectivity index (χ4n) is 1.83. The average molecular weight is 356 g/mol. The van der Waals surface area contributed by atoms with E-state index < -0.39 is 11.5 Å². The van der Waals surface area contributed by atoms with E-state index in [1.54, 1.807) is 18.2 Å². The number of hydrogen-bond donors (Lipinski definition) is 2. The molecular formula is C15H15Cl2N3O3. The van der Waals surface area contributed by atoms with E-state index >= 15 is 0 Å². The lowest BCUT2D eigenvalue weighted by atomic mass is 10.1. The van der Waals surface area contributed by atoms with Crippen LogP contribution in [0.5, 0.6) is 0 Å². The molecule has 0 aliphatic heterocycles. The summed E-state index contributed by atoms with van der Waals surface area (Å²) < 4.78 is 1.28. The van der Waals surface area contributed by atoms with Gasteiger partial charge >= 0.3 is 5.97 Å². The van der Waals surface area contributed by atoms with E-state index in [-0.39, 0.29) is 12.3 Å². The molecule has 1 heterocycles. The fourth-order valence-corrected chi connectivity index (χ4v) is 2.31. The van der Waals surface area contributed by atoms with Gasteiger partial charge in [-0.05, 0) is 31.5 Å². The summed E-state index contributed by atoms with van der Waals surface area (Å²) >= 11 is 11.8. The summed E-state index contributed by atoms with van der Waals surface area (Å²) in [6, 6.07) is 4.91. The molecule has 8 heteroatoms. The van der Waals surface area contributed by atoms with Crippen molar-refractivity contribution in [2.24, 2.45) is 0 Å². The van der Waals surface area contributed by atoms with Gasteiger partial charge in [-0.1, -0.05) is 29.3 Å². The smallest absolute Gasteiger partial charge is 0.331 e. The number of carboxylic acid groups (broad SMARTS) is 1. The van der Waals surface area contributed by atoms with Gasteiger partial charge in [-0.15, -0.1) is 0 Å². The molecule has 2 aromatic rings. The first-order valence-electron chi connectivity index (χ1n) is 6.72. The van der Waals surface area contributed by atoms with Crippen LogP contribution in [0.2, 0.25) is 10.0 Å². The van der Waals surface area contributed by atoms with Gasteiger partial charge in [0.2, 0.25) is 5.91 Å². The van der Waals surface area contributed by atoms with Crippen molar-refractivity contribution in [1.82, 2.24) is 9.78 Å². The molecule has 0 saturated carbocycles. The normalized spacial score (nSPS) is 11.3. The van der Waals surface area contributed by atoms with Crippen molar-refractivity contribution < 1.29 is 14.7 Å². The summed E-state index contributed by atoms with van der Waals surface area (Å²) in [5.41, 5.74) is -0.149. The van der Waals surface area contributed by atoms with Crippen LogP contribution in [0.4, 0.5) is 5.69 Å². The molecule has 0 aliphatic rings. The second-order valence-electron chi connectivity index (χ2n) is 5.50. The molecule has 6 nitrogen and oxygen atoms in total. The second-order valence-corrected chi connectivity index (χ2v) is 6.34. The predicted octanol–water partition coefficient (Wildman–Crippen LogP) is 3.19. The number of aliphatic carboxylic acids is 1. The summed E-state index contributed by atoms with van der Waals surface area (Å²) in [7, 11) is 0. The first kappa shape index (κ1) is 17.3. The molecule has 2 N–H and O–H groups in total. The SMILES string of the molecule is CC(C)(C(=O)O)n1cc(NC(=O)Cc2ccc(Cl)cc2Cl)cn1. The number of carbonyl (C=O) groups excluding carboxylic acids is 1. The zero-order valence-corrected chi connectivity index (χ0v) is 14.0. The Balaban J connectivity index is 2.07. The highest BCUT2D eigenvalue weighted by molar-refractivity contribution is 6.35. The van der Waals surface area contributed by atoms with Gasteiger partial charge in [0.25, 0.3) is 0 Å². The number of carbonyl (C=O) groups is 2. The van der Waals surface area contributed by atoms with Crippen LogP contribution in [0.15, 0.2) is 30.6 Å². The minimum Gasteiger partial charge on any atom is -0.479 e. The van der Waals surface area contributed by atoms with E-state index in [4.69, 9.17) is 28.3 Å². The molecule has 23 heavy (non-hydrogen) atoms. The third-order valence-electron chi connectivity index (χ3n) is 3.33. The summed E-state index contributed by atoms with van der Waals surface area (Å²) in [4.78, 5) is 23.2. The molecule has 0 radical (unpaired) electrons. The van der Waals surface area contributed by atoms with Gasteiger partial charge in [-0.2, -0.15) is 5.10 Å². The average Bonchev–Trinajstić information content (AvgIpc) is 2.91. The van der Waals surface area contributed by atoms with Crippen molar-refractivity contribution in [3.05, 3.63) is 46.2 Å². The van der Waals surface area contributed by atoms with Gasteiger partial charge in [0.15, 0.2) is 5.54 Å². The molecule has 2 rings (SSSR count). The van der Waals surface area contributed by atoms with Crippen LogP contribution >= 0.6 is 23.2 Å². The molecule has 0 spiro atoms. The third kappa shape index (κ3) is 4.03. The van der Waals surface area contributed by atoms with E-state index in [9.17, 15) is 9.59 Å². The molecule has 0 unspecified atom stereocenters. The summed E-state index contributed by atoms with van der Waals surface area (Å²) in [6.07, 6.45) is 2.94. The molecule has 0 fully saturated rings. The quantitative estimate of drug-likeness (QED) is 0.862. The molecule has 0 saturated heterocycles. The third-order valence-corrected chi connectivity index (χ3v) is 3.92. The number of carboxylic acids is 1. The molecule has 1 aromatic heterocycles. The second kappa shape index (κ2) is 6.60. The van der Waals surface area contributed by atoms with Crippen LogP contribution < -0.4 is 5.32 Å². The molecule has 0 aliphatic carbocycles. The number of hydrogen-bond acceptors (Lipinski definition) is 3. The monoisotopic (exact) mass is 355 g/mol. The first-order valence-corrected chi connectivity index (χ1v) is 7.48. The standard InChI is InChI=1S/C15H15Cl2N3O3/c1-15(2,14(22)23)20-8-11(7-18-20)19-13(21)5-9-3-4-10(16)6-12(9)17/h3-4,6-8H,5H2,1-2H3,(H,19,21)(H,22,23). The number of halogens is 2. The minimum atomic E-state index is -1.21. The maximum absolute atomic E-state index is 12.1. The summed E-state index contributed by atoms with van der Waals surface area (Å²) in [5.74, 6) is -1.31. The minimum absolute atomic E-state index is 0.0729. The van der Waals surface area contributed by atoms with Crippen LogP contribution in [0, 0.1) is 0 Å². The maximum Gasteiger partial charge on any atom is 0.331 e. The van der Waals surface area contributed by atoms with E-state index in [1.165, 1.54) is 30.9 Å². The molecular weight excluding hydrogens is 341 g/mol. The lowest BCUT2D eigenvalue weighted by Crippen LogP contribution is -2.35. The highest BCUT2D eigenvalue weighted by Crippen LogP contribution is 2.22. The number of amides is 1. The van der Waals surface area contributed by atoms with Gasteiger partial charge in [0.1, 0.15) is 0 Å². The Morgan fingerprint density at radius 3 is 2.65 bits per heavy atom. The number of nitrogens with zero attached hydrogens (tertiary/aromatic N) is 2.